The zero-order chi connectivity index (χ0) is 20.3. The number of likely N-dealkylation sites (N-methyl/N-ethyl adjacent to an activating group) is 1. The maximum absolute atomic E-state index is 6.80. The highest BCUT2D eigenvalue weighted by molar-refractivity contribution is 5.84. The van der Waals surface area contributed by atoms with Crippen LogP contribution in [0.3, 0.4) is 0 Å². The summed E-state index contributed by atoms with van der Waals surface area (Å²) in [6.45, 7) is 1.02. The molecule has 0 radical (unpaired) electrons. The second-order valence-corrected chi connectivity index (χ2v) is 9.26. The monoisotopic (exact) mass is 403 g/mol. The number of nitrogens with zero attached hydrogens (tertiary/aromatic N) is 1. The molecule has 1 aromatic heterocycles. The first-order valence-corrected chi connectivity index (χ1v) is 10.8. The second kappa shape index (κ2) is 5.40. The molecule has 30 heavy (non-hydrogen) atoms. The summed E-state index contributed by atoms with van der Waals surface area (Å²) in [7, 11) is 5.85. The van der Waals surface area contributed by atoms with E-state index in [1.54, 1.807) is 7.11 Å². The average molecular weight is 403 g/mol. The first kappa shape index (κ1) is 17.2. The normalized spacial score (nSPS) is 33.2. The highest BCUT2D eigenvalue weighted by Crippen LogP contribution is 2.70. The Balaban J connectivity index is 1.62. The Labute approximate surface area is 175 Å². The summed E-state index contributed by atoms with van der Waals surface area (Å²) < 4.78 is 25.6. The molecule has 1 spiro atoms. The lowest BCUT2D eigenvalue weighted by molar-refractivity contribution is -0.188. The highest BCUT2D eigenvalue weighted by atomic mass is 16.5. The molecule has 0 N–H and O–H groups in total. The minimum atomic E-state index is -0.366. The molecule has 3 aromatic rings. The molecule has 2 aromatic carbocycles. The summed E-state index contributed by atoms with van der Waals surface area (Å²) in [4.78, 5) is 2.49. The van der Waals surface area contributed by atoms with Crippen molar-refractivity contribution in [3.05, 3.63) is 58.8 Å². The van der Waals surface area contributed by atoms with Crippen molar-refractivity contribution in [3.8, 4) is 11.5 Å². The molecule has 5 heteroatoms. The zero-order valence-electron chi connectivity index (χ0n) is 17.5. The van der Waals surface area contributed by atoms with Crippen molar-refractivity contribution in [3.63, 3.8) is 0 Å². The number of ether oxygens (including phenoxy) is 3. The maximum Gasteiger partial charge on any atom is 0.169 e. The molecular weight excluding hydrogens is 378 g/mol. The molecule has 154 valence electrons. The third-order valence-corrected chi connectivity index (χ3v) is 8.43. The second-order valence-electron chi connectivity index (χ2n) is 9.26. The number of furan rings is 1. The van der Waals surface area contributed by atoms with E-state index in [4.69, 9.17) is 18.6 Å². The van der Waals surface area contributed by atoms with E-state index in [0.29, 0.717) is 0 Å². The Morgan fingerprint density at radius 2 is 2.00 bits per heavy atom. The lowest BCUT2D eigenvalue weighted by Crippen LogP contribution is -2.74. The summed E-state index contributed by atoms with van der Waals surface area (Å²) in [6, 6.07) is 12.9. The molecule has 2 bridgehead atoms. The first-order chi connectivity index (χ1) is 14.6. The molecule has 7 rings (SSSR count). The summed E-state index contributed by atoms with van der Waals surface area (Å²) in [5.41, 5.74) is 4.19. The molecule has 0 saturated carbocycles. The van der Waals surface area contributed by atoms with Crippen LogP contribution in [0.1, 0.15) is 35.0 Å². The van der Waals surface area contributed by atoms with Gasteiger partial charge in [0.15, 0.2) is 17.6 Å². The van der Waals surface area contributed by atoms with Crippen molar-refractivity contribution in [2.24, 2.45) is 0 Å². The predicted octanol–water partition coefficient (Wildman–Crippen LogP) is 4.01. The van der Waals surface area contributed by atoms with Gasteiger partial charge in [0.05, 0.1) is 12.5 Å². The van der Waals surface area contributed by atoms with Crippen LogP contribution in [0.15, 0.2) is 40.8 Å². The third kappa shape index (κ3) is 1.64. The van der Waals surface area contributed by atoms with Crippen LogP contribution in [-0.4, -0.2) is 44.4 Å². The zero-order valence-corrected chi connectivity index (χ0v) is 17.5. The minimum Gasteiger partial charge on any atom is -0.493 e. The van der Waals surface area contributed by atoms with E-state index in [2.05, 4.69) is 42.3 Å². The van der Waals surface area contributed by atoms with Gasteiger partial charge in [-0.3, -0.25) is 0 Å². The van der Waals surface area contributed by atoms with E-state index in [-0.39, 0.29) is 23.2 Å². The fraction of sp³-hybridized carbons (Fsp3) is 0.440. The van der Waals surface area contributed by atoms with E-state index in [1.807, 2.05) is 13.2 Å². The van der Waals surface area contributed by atoms with Crippen LogP contribution in [0.2, 0.25) is 0 Å². The molecule has 4 aliphatic rings. The molecule has 3 heterocycles. The smallest absolute Gasteiger partial charge is 0.169 e. The molecular formula is C25H25NO4. The number of piperidine rings is 1. The number of methoxy groups -OCH3 is 2. The Bertz CT molecular complexity index is 1220. The van der Waals surface area contributed by atoms with Gasteiger partial charge in [-0.1, -0.05) is 24.3 Å². The van der Waals surface area contributed by atoms with Crippen molar-refractivity contribution in [1.82, 2.24) is 4.90 Å². The van der Waals surface area contributed by atoms with E-state index in [9.17, 15) is 0 Å². The lowest BCUT2D eigenvalue weighted by atomic mass is 9.49. The Kier molecular flexibility index (Phi) is 3.10. The molecule has 4 atom stereocenters. The molecule has 1 fully saturated rings. The topological polar surface area (TPSA) is 44.1 Å². The van der Waals surface area contributed by atoms with Crippen molar-refractivity contribution in [2.75, 3.05) is 27.8 Å². The standard InChI is InChI=1S/C25H25NO4/c1-26-11-10-24-20-14-8-9-18(27-2)22(20)30-23(24)21-16(13-25(24,28-3)19(26)12-14)15-6-4-5-7-17(15)29-21/h4-9,19,23H,10-13H2,1-3H3. The summed E-state index contributed by atoms with van der Waals surface area (Å²) in [6.07, 6.45) is 2.57. The number of benzene rings is 2. The van der Waals surface area contributed by atoms with Gasteiger partial charge in [-0.15, -0.1) is 0 Å². The summed E-state index contributed by atoms with van der Waals surface area (Å²) in [5.74, 6) is 2.66. The summed E-state index contributed by atoms with van der Waals surface area (Å²) in [5, 5.41) is 1.18. The number of hydrogen-bond acceptors (Lipinski definition) is 5. The molecule has 2 aliphatic heterocycles. The quantitative estimate of drug-likeness (QED) is 0.647. The van der Waals surface area contributed by atoms with Gasteiger partial charge in [0, 0.05) is 36.1 Å². The SMILES string of the molecule is COc1ccc2c3c1OC1c4oc5ccccc5c4CC4(OC)C(C2)N(C)CCC314. The number of rotatable bonds is 2. The average Bonchev–Trinajstić information content (AvgIpc) is 3.31. The fourth-order valence-corrected chi connectivity index (χ4v) is 7.20. The maximum atomic E-state index is 6.80. The van der Waals surface area contributed by atoms with Gasteiger partial charge < -0.3 is 23.5 Å². The van der Waals surface area contributed by atoms with E-state index in [1.165, 1.54) is 22.1 Å². The van der Waals surface area contributed by atoms with Gasteiger partial charge >= 0.3 is 0 Å². The molecule has 2 aliphatic carbocycles. The van der Waals surface area contributed by atoms with Crippen LogP contribution in [0, 0.1) is 0 Å². The molecule has 0 amide bonds. The largest absolute Gasteiger partial charge is 0.493 e. The minimum absolute atomic E-state index is 0.199. The van der Waals surface area contributed by atoms with Crippen LogP contribution in [0.4, 0.5) is 0 Å². The number of para-hydroxylation sites is 1. The van der Waals surface area contributed by atoms with Crippen molar-refractivity contribution < 1.29 is 18.6 Å². The summed E-state index contributed by atoms with van der Waals surface area (Å²) >= 11 is 0. The van der Waals surface area contributed by atoms with Crippen molar-refractivity contribution in [1.29, 1.82) is 0 Å². The van der Waals surface area contributed by atoms with Crippen LogP contribution in [-0.2, 0) is 23.0 Å². The van der Waals surface area contributed by atoms with Crippen LogP contribution in [0.5, 0.6) is 11.5 Å². The Morgan fingerprint density at radius 3 is 2.83 bits per heavy atom. The molecule has 4 unspecified atom stereocenters. The predicted molar refractivity (Wildman–Crippen MR) is 112 cm³/mol. The van der Waals surface area contributed by atoms with Gasteiger partial charge in [-0.25, -0.2) is 0 Å². The Morgan fingerprint density at radius 1 is 1.13 bits per heavy atom. The van der Waals surface area contributed by atoms with Crippen LogP contribution in [0.25, 0.3) is 11.0 Å². The fourth-order valence-electron chi connectivity index (χ4n) is 7.20. The first-order valence-electron chi connectivity index (χ1n) is 10.8. The molecule has 1 saturated heterocycles. The van der Waals surface area contributed by atoms with E-state index >= 15 is 0 Å². The van der Waals surface area contributed by atoms with Crippen LogP contribution < -0.4 is 9.47 Å². The number of fused-ring (bicyclic) bond motifs is 4. The third-order valence-electron chi connectivity index (χ3n) is 8.43. The van der Waals surface area contributed by atoms with Crippen molar-refractivity contribution >= 4 is 11.0 Å². The lowest BCUT2D eigenvalue weighted by Gasteiger charge is -2.63. The van der Waals surface area contributed by atoms with Gasteiger partial charge in [0.25, 0.3) is 0 Å². The van der Waals surface area contributed by atoms with Gasteiger partial charge in [0.1, 0.15) is 16.9 Å². The van der Waals surface area contributed by atoms with Gasteiger partial charge in [0.2, 0.25) is 0 Å². The Hall–Kier alpha value is -2.50. The van der Waals surface area contributed by atoms with Gasteiger partial charge in [-0.2, -0.15) is 0 Å². The van der Waals surface area contributed by atoms with Gasteiger partial charge in [-0.05, 0) is 44.1 Å². The molecule has 5 nitrogen and oxygen atoms in total. The van der Waals surface area contributed by atoms with Crippen LogP contribution >= 0.6 is 0 Å². The number of likely N-dealkylation sites (tertiary alicyclic amines) is 1. The van der Waals surface area contributed by atoms with E-state index < -0.39 is 0 Å². The van der Waals surface area contributed by atoms with Crippen molar-refractivity contribution in [2.45, 2.75) is 42.4 Å². The number of hydrogen-bond donors (Lipinski definition) is 0. The highest BCUT2D eigenvalue weighted by Gasteiger charge is 2.74. The van der Waals surface area contributed by atoms with E-state index in [0.717, 1.165) is 48.6 Å².